The molecule has 1 rings (SSSR count). The lowest BCUT2D eigenvalue weighted by Gasteiger charge is -1.94. The molecule has 3 radical (unpaired) electrons. The Bertz CT molecular complexity index is 204. The van der Waals surface area contributed by atoms with Crippen LogP contribution in [0.1, 0.15) is 0 Å². The van der Waals surface area contributed by atoms with Crippen LogP contribution in [0.25, 0.3) is 0 Å². The van der Waals surface area contributed by atoms with Gasteiger partial charge in [0.1, 0.15) is 5.82 Å². The number of hydrogen-bond donors (Lipinski definition) is 0. The molecule has 0 atom stereocenters. The topological polar surface area (TPSA) is 0 Å². The fraction of sp³-hybridized carbons (Fsp3) is 0. The Morgan fingerprint density at radius 3 is 2.56 bits per heavy atom. The van der Waals surface area contributed by atoms with Crippen molar-refractivity contribution < 1.29 is 4.39 Å². The summed E-state index contributed by atoms with van der Waals surface area (Å²) in [5.41, 5.74) is 0. The van der Waals surface area contributed by atoms with Gasteiger partial charge in [-0.2, -0.15) is 0 Å². The number of rotatable bonds is 0. The lowest BCUT2D eigenvalue weighted by molar-refractivity contribution is 0.636. The molecule has 0 amide bonds. The fourth-order valence-corrected chi connectivity index (χ4v) is 0.988. The molecule has 0 nitrogen and oxygen atoms in total. The van der Waals surface area contributed by atoms with E-state index in [1.807, 2.05) is 0 Å². The van der Waals surface area contributed by atoms with Crippen molar-refractivity contribution in [2.45, 2.75) is 0 Å². The Kier molecular flexibility index (Phi) is 1.88. The van der Waals surface area contributed by atoms with Crippen LogP contribution in [0.5, 0.6) is 0 Å². The maximum Gasteiger partial charge on any atom is 0.140 e. The van der Waals surface area contributed by atoms with Crippen LogP contribution in [0.2, 0.25) is 5.02 Å². The summed E-state index contributed by atoms with van der Waals surface area (Å²) in [6.07, 6.45) is 0. The van der Waals surface area contributed by atoms with E-state index >= 15 is 0 Å². The predicted octanol–water partition coefficient (Wildman–Crippen LogP) is 1.27. The zero-order valence-electron chi connectivity index (χ0n) is 4.49. The maximum atomic E-state index is 12.6. The van der Waals surface area contributed by atoms with Gasteiger partial charge in [0.05, 0.1) is 15.3 Å². The van der Waals surface area contributed by atoms with Gasteiger partial charge in [0.15, 0.2) is 0 Å². The summed E-state index contributed by atoms with van der Waals surface area (Å²) in [4.78, 5) is 0. The molecule has 0 aliphatic heterocycles. The largest absolute Gasteiger partial charge is 0.206 e. The molecule has 0 fully saturated rings. The molecule has 1 aromatic rings. The highest BCUT2D eigenvalue weighted by Gasteiger charge is 1.98. The van der Waals surface area contributed by atoms with Crippen LogP contribution in [-0.2, 0) is 0 Å². The Morgan fingerprint density at radius 2 is 2.11 bits per heavy atom. The van der Waals surface area contributed by atoms with Crippen LogP contribution in [0.4, 0.5) is 4.39 Å². The SMILES string of the molecule is Fc1c([Si])cccc1Cl. The molecule has 0 saturated heterocycles. The van der Waals surface area contributed by atoms with Gasteiger partial charge in [-0.05, 0) is 11.3 Å². The van der Waals surface area contributed by atoms with E-state index in [1.165, 1.54) is 6.07 Å². The molecule has 0 unspecified atom stereocenters. The lowest BCUT2D eigenvalue weighted by atomic mass is 10.3. The molecule has 0 N–H and O–H groups in total. The molecule has 0 aromatic heterocycles. The van der Waals surface area contributed by atoms with E-state index in [0.717, 1.165) is 0 Å². The van der Waals surface area contributed by atoms with Crippen molar-refractivity contribution in [3.05, 3.63) is 29.0 Å². The maximum absolute atomic E-state index is 12.6. The summed E-state index contributed by atoms with van der Waals surface area (Å²) in [7, 11) is 3.03. The third-order valence-corrected chi connectivity index (χ3v) is 1.63. The third-order valence-electron chi connectivity index (χ3n) is 0.952. The standard InChI is InChI=1S/C6H3ClFSi/c7-4-2-1-3-5(9)6(4)8/h1-3H. The molecule has 0 aliphatic carbocycles. The second-order valence-corrected chi connectivity index (χ2v) is 2.55. The molecule has 3 heteroatoms. The molecule has 0 saturated carbocycles. The van der Waals surface area contributed by atoms with Gasteiger partial charge in [0.25, 0.3) is 0 Å². The fourth-order valence-electron chi connectivity index (χ4n) is 0.504. The van der Waals surface area contributed by atoms with Crippen molar-refractivity contribution in [1.82, 2.24) is 0 Å². The Balaban J connectivity index is 3.25. The van der Waals surface area contributed by atoms with Crippen molar-refractivity contribution in [3.8, 4) is 0 Å². The Labute approximate surface area is 61.1 Å². The first-order valence-electron chi connectivity index (χ1n) is 2.37. The van der Waals surface area contributed by atoms with Gasteiger partial charge in [-0.3, -0.25) is 0 Å². The second kappa shape index (κ2) is 2.50. The molecule has 9 heavy (non-hydrogen) atoms. The minimum Gasteiger partial charge on any atom is -0.206 e. The summed E-state index contributed by atoms with van der Waals surface area (Å²) in [5.74, 6) is -0.407. The minimum absolute atomic E-state index is 0.141. The van der Waals surface area contributed by atoms with Gasteiger partial charge < -0.3 is 0 Å². The quantitative estimate of drug-likeness (QED) is 0.498. The minimum atomic E-state index is -0.407. The molecule has 1 aromatic carbocycles. The highest BCUT2D eigenvalue weighted by Crippen LogP contribution is 2.09. The van der Waals surface area contributed by atoms with E-state index in [4.69, 9.17) is 11.6 Å². The van der Waals surface area contributed by atoms with Crippen LogP contribution in [-0.4, -0.2) is 10.2 Å². The smallest absolute Gasteiger partial charge is 0.140 e. The van der Waals surface area contributed by atoms with Gasteiger partial charge in [-0.25, -0.2) is 4.39 Å². The first-order chi connectivity index (χ1) is 4.22. The van der Waals surface area contributed by atoms with Crippen molar-refractivity contribution in [1.29, 1.82) is 0 Å². The van der Waals surface area contributed by atoms with Crippen molar-refractivity contribution in [2.24, 2.45) is 0 Å². The Hall–Kier alpha value is -0.343. The van der Waals surface area contributed by atoms with Crippen molar-refractivity contribution in [3.63, 3.8) is 0 Å². The summed E-state index contributed by atoms with van der Waals surface area (Å²) >= 11 is 5.41. The van der Waals surface area contributed by atoms with E-state index in [-0.39, 0.29) is 5.02 Å². The summed E-state index contributed by atoms with van der Waals surface area (Å²) in [6.45, 7) is 0. The Morgan fingerprint density at radius 1 is 1.44 bits per heavy atom. The van der Waals surface area contributed by atoms with Gasteiger partial charge in [-0.15, -0.1) is 0 Å². The summed E-state index contributed by atoms with van der Waals surface area (Å²) < 4.78 is 12.6. The molecular weight excluding hydrogens is 155 g/mol. The first-order valence-corrected chi connectivity index (χ1v) is 3.25. The van der Waals surface area contributed by atoms with Crippen LogP contribution in [0.3, 0.4) is 0 Å². The second-order valence-electron chi connectivity index (χ2n) is 1.60. The van der Waals surface area contributed by atoms with E-state index in [2.05, 4.69) is 10.2 Å². The lowest BCUT2D eigenvalue weighted by Crippen LogP contribution is -2.07. The van der Waals surface area contributed by atoms with Crippen molar-refractivity contribution >= 4 is 27.0 Å². The van der Waals surface area contributed by atoms with Gasteiger partial charge >= 0.3 is 0 Å². The average molecular weight is 158 g/mol. The highest BCUT2D eigenvalue weighted by atomic mass is 35.5. The highest BCUT2D eigenvalue weighted by molar-refractivity contribution is 6.36. The summed E-state index contributed by atoms with van der Waals surface area (Å²) in [5, 5.41) is 0.532. The zero-order valence-corrected chi connectivity index (χ0v) is 6.24. The van der Waals surface area contributed by atoms with E-state index < -0.39 is 5.82 Å². The monoisotopic (exact) mass is 157 g/mol. The average Bonchev–Trinajstić information content (AvgIpc) is 1.83. The van der Waals surface area contributed by atoms with E-state index in [1.54, 1.807) is 12.1 Å². The molecule has 0 bridgehead atoms. The predicted molar refractivity (Wildman–Crippen MR) is 36.8 cm³/mol. The van der Waals surface area contributed by atoms with Gasteiger partial charge in [-0.1, -0.05) is 23.7 Å². The van der Waals surface area contributed by atoms with Crippen LogP contribution < -0.4 is 5.19 Å². The van der Waals surface area contributed by atoms with E-state index in [9.17, 15) is 4.39 Å². The third kappa shape index (κ3) is 1.31. The number of hydrogen-bond acceptors (Lipinski definition) is 0. The molecular formula is C6H3ClFSi. The van der Waals surface area contributed by atoms with Crippen LogP contribution >= 0.6 is 11.6 Å². The zero-order chi connectivity index (χ0) is 6.85. The molecule has 45 valence electrons. The summed E-state index contributed by atoms with van der Waals surface area (Å²) in [6, 6.07) is 4.77. The first kappa shape index (κ1) is 6.77. The van der Waals surface area contributed by atoms with Gasteiger partial charge in [0.2, 0.25) is 0 Å². The van der Waals surface area contributed by atoms with Crippen molar-refractivity contribution in [2.75, 3.05) is 0 Å². The van der Waals surface area contributed by atoms with Gasteiger partial charge in [0, 0.05) is 0 Å². The van der Waals surface area contributed by atoms with Crippen LogP contribution in [0, 0.1) is 5.82 Å². The molecule has 0 spiro atoms. The van der Waals surface area contributed by atoms with E-state index in [0.29, 0.717) is 5.19 Å². The number of halogens is 2. The number of benzene rings is 1. The molecule has 0 aliphatic rings. The normalized spacial score (nSPS) is 9.67. The van der Waals surface area contributed by atoms with Crippen LogP contribution in [0.15, 0.2) is 18.2 Å². The molecule has 0 heterocycles.